The van der Waals surface area contributed by atoms with Gasteiger partial charge in [0, 0.05) is 20.2 Å². The van der Waals surface area contributed by atoms with Crippen molar-refractivity contribution in [1.82, 2.24) is 10.6 Å². The minimum Gasteiger partial charge on any atom is -0.497 e. The van der Waals surface area contributed by atoms with Gasteiger partial charge in [-0.15, -0.1) is 0 Å². The van der Waals surface area contributed by atoms with E-state index < -0.39 is 6.10 Å². The highest BCUT2D eigenvalue weighted by molar-refractivity contribution is 5.73. The first kappa shape index (κ1) is 18.2. The fraction of sp³-hybridized carbons (Fsp3) is 0.533. The Morgan fingerprint density at radius 1 is 1.23 bits per heavy atom. The molecule has 0 saturated carbocycles. The average molecular weight is 312 g/mol. The van der Waals surface area contributed by atoms with Crippen molar-refractivity contribution in [3.05, 3.63) is 29.8 Å². The third kappa shape index (κ3) is 7.82. The van der Waals surface area contributed by atoms with Crippen LogP contribution in [-0.4, -0.2) is 57.8 Å². The van der Waals surface area contributed by atoms with Gasteiger partial charge in [0.2, 0.25) is 0 Å². The van der Waals surface area contributed by atoms with Gasteiger partial charge in [-0.05, 0) is 17.7 Å². The van der Waals surface area contributed by atoms with Gasteiger partial charge in [0.1, 0.15) is 5.75 Å². The van der Waals surface area contributed by atoms with Crippen LogP contribution in [0.15, 0.2) is 24.3 Å². The van der Waals surface area contributed by atoms with Crippen molar-refractivity contribution in [1.29, 1.82) is 0 Å². The van der Waals surface area contributed by atoms with Crippen molar-refractivity contribution >= 4 is 6.03 Å². The van der Waals surface area contributed by atoms with Gasteiger partial charge in [0.15, 0.2) is 0 Å². The number of hydrogen-bond acceptors (Lipinski definition) is 5. The maximum Gasteiger partial charge on any atom is 0.314 e. The number of benzene rings is 1. The van der Waals surface area contributed by atoms with Crippen LogP contribution in [0.5, 0.6) is 5.75 Å². The Kier molecular flexibility index (Phi) is 8.97. The predicted octanol–water partition coefficient (Wildman–Crippen LogP) is 0.518. The Morgan fingerprint density at radius 2 is 1.95 bits per heavy atom. The number of rotatable bonds is 10. The number of urea groups is 1. The molecule has 0 radical (unpaired) electrons. The number of methoxy groups -OCH3 is 2. The molecule has 7 heteroatoms. The number of carbonyl (C=O) groups is 1. The SMILES string of the molecule is COCCNC(=O)NCC(O)COCc1ccc(OC)cc1. The van der Waals surface area contributed by atoms with Crippen LogP contribution in [0, 0.1) is 0 Å². The Hall–Kier alpha value is -1.83. The van der Waals surface area contributed by atoms with Crippen molar-refractivity contribution in [2.45, 2.75) is 12.7 Å². The molecule has 22 heavy (non-hydrogen) atoms. The number of carbonyl (C=O) groups excluding carboxylic acids is 1. The van der Waals surface area contributed by atoms with E-state index in [2.05, 4.69) is 10.6 Å². The molecule has 1 rings (SSSR count). The van der Waals surface area contributed by atoms with Crippen LogP contribution in [0.1, 0.15) is 5.56 Å². The quantitative estimate of drug-likeness (QED) is 0.548. The van der Waals surface area contributed by atoms with Gasteiger partial charge in [-0.3, -0.25) is 0 Å². The molecule has 124 valence electrons. The number of amides is 2. The third-order valence-corrected chi connectivity index (χ3v) is 2.83. The first-order chi connectivity index (χ1) is 10.7. The summed E-state index contributed by atoms with van der Waals surface area (Å²) < 4.78 is 15.3. The molecular formula is C15H24N2O5. The van der Waals surface area contributed by atoms with Crippen LogP contribution in [0.2, 0.25) is 0 Å². The standard InChI is InChI=1S/C15H24N2O5/c1-20-8-7-16-15(19)17-9-13(18)11-22-10-12-3-5-14(21-2)6-4-12/h3-6,13,18H,7-11H2,1-2H3,(H2,16,17,19). The topological polar surface area (TPSA) is 89.1 Å². The van der Waals surface area contributed by atoms with Crippen LogP contribution in [0.4, 0.5) is 4.79 Å². The van der Waals surface area contributed by atoms with E-state index in [1.165, 1.54) is 0 Å². The Balaban J connectivity index is 2.12. The van der Waals surface area contributed by atoms with Gasteiger partial charge in [-0.25, -0.2) is 4.79 Å². The summed E-state index contributed by atoms with van der Waals surface area (Å²) in [6.07, 6.45) is -0.758. The molecule has 0 aliphatic rings. The number of aliphatic hydroxyl groups excluding tert-OH is 1. The monoisotopic (exact) mass is 312 g/mol. The number of aliphatic hydroxyl groups is 1. The molecule has 0 aliphatic carbocycles. The molecule has 0 aromatic heterocycles. The molecule has 0 heterocycles. The largest absolute Gasteiger partial charge is 0.497 e. The molecule has 1 aromatic carbocycles. The van der Waals surface area contributed by atoms with Gasteiger partial charge in [-0.2, -0.15) is 0 Å². The zero-order valence-electron chi connectivity index (χ0n) is 13.0. The molecule has 7 nitrogen and oxygen atoms in total. The second-order valence-corrected chi connectivity index (χ2v) is 4.65. The summed E-state index contributed by atoms with van der Waals surface area (Å²) in [7, 11) is 3.17. The van der Waals surface area contributed by atoms with Gasteiger partial charge in [0.05, 0.1) is 33.0 Å². The summed E-state index contributed by atoms with van der Waals surface area (Å²) in [5.74, 6) is 0.785. The molecule has 0 aliphatic heterocycles. The minimum absolute atomic E-state index is 0.126. The maximum absolute atomic E-state index is 11.3. The molecule has 2 amide bonds. The van der Waals surface area contributed by atoms with E-state index in [9.17, 15) is 9.90 Å². The Bertz CT molecular complexity index is 424. The predicted molar refractivity (Wildman–Crippen MR) is 81.9 cm³/mol. The number of nitrogens with one attached hydrogen (secondary N) is 2. The lowest BCUT2D eigenvalue weighted by molar-refractivity contribution is 0.0300. The Labute approximate surface area is 130 Å². The van der Waals surface area contributed by atoms with Crippen molar-refractivity contribution in [2.24, 2.45) is 0 Å². The van der Waals surface area contributed by atoms with E-state index in [0.29, 0.717) is 19.8 Å². The van der Waals surface area contributed by atoms with Crippen LogP contribution in [-0.2, 0) is 16.1 Å². The third-order valence-electron chi connectivity index (χ3n) is 2.83. The first-order valence-electron chi connectivity index (χ1n) is 7.05. The van der Waals surface area contributed by atoms with Crippen LogP contribution >= 0.6 is 0 Å². The zero-order valence-corrected chi connectivity index (χ0v) is 13.0. The smallest absolute Gasteiger partial charge is 0.314 e. The lowest BCUT2D eigenvalue weighted by Crippen LogP contribution is -2.41. The average Bonchev–Trinajstić information content (AvgIpc) is 2.54. The van der Waals surface area contributed by atoms with Crippen molar-refractivity contribution in [3.8, 4) is 5.75 Å². The summed E-state index contributed by atoms with van der Waals surface area (Å²) in [6, 6.07) is 7.15. The van der Waals surface area contributed by atoms with Gasteiger partial charge in [-0.1, -0.05) is 12.1 Å². The van der Waals surface area contributed by atoms with E-state index in [4.69, 9.17) is 14.2 Å². The van der Waals surface area contributed by atoms with E-state index in [-0.39, 0.29) is 19.2 Å². The lowest BCUT2D eigenvalue weighted by atomic mass is 10.2. The highest BCUT2D eigenvalue weighted by Gasteiger charge is 2.07. The van der Waals surface area contributed by atoms with E-state index in [0.717, 1.165) is 11.3 Å². The van der Waals surface area contributed by atoms with E-state index in [1.54, 1.807) is 14.2 Å². The van der Waals surface area contributed by atoms with Crippen LogP contribution in [0.25, 0.3) is 0 Å². The molecule has 1 unspecified atom stereocenters. The molecule has 1 atom stereocenters. The molecule has 1 aromatic rings. The molecular weight excluding hydrogens is 288 g/mol. The second-order valence-electron chi connectivity index (χ2n) is 4.65. The Morgan fingerprint density at radius 3 is 2.59 bits per heavy atom. The van der Waals surface area contributed by atoms with Gasteiger partial charge >= 0.3 is 6.03 Å². The number of hydrogen-bond donors (Lipinski definition) is 3. The molecule has 3 N–H and O–H groups in total. The summed E-state index contributed by atoms with van der Waals surface area (Å²) in [5.41, 5.74) is 0.985. The highest BCUT2D eigenvalue weighted by atomic mass is 16.5. The maximum atomic E-state index is 11.3. The van der Waals surface area contributed by atoms with Crippen LogP contribution < -0.4 is 15.4 Å². The van der Waals surface area contributed by atoms with Crippen molar-refractivity contribution in [2.75, 3.05) is 40.5 Å². The lowest BCUT2D eigenvalue weighted by Gasteiger charge is -2.13. The summed E-state index contributed by atoms with van der Waals surface area (Å²) >= 11 is 0. The first-order valence-corrected chi connectivity index (χ1v) is 7.05. The molecule has 0 spiro atoms. The van der Waals surface area contributed by atoms with E-state index in [1.807, 2.05) is 24.3 Å². The molecule has 0 bridgehead atoms. The summed E-state index contributed by atoms with van der Waals surface area (Å²) in [5, 5.41) is 14.9. The highest BCUT2D eigenvalue weighted by Crippen LogP contribution is 2.11. The molecule has 0 saturated heterocycles. The minimum atomic E-state index is -0.758. The summed E-state index contributed by atoms with van der Waals surface area (Å²) in [4.78, 5) is 11.3. The fourth-order valence-electron chi connectivity index (χ4n) is 1.63. The second kappa shape index (κ2) is 10.8. The van der Waals surface area contributed by atoms with Gasteiger partial charge < -0.3 is 30.0 Å². The fourth-order valence-corrected chi connectivity index (χ4v) is 1.63. The number of ether oxygens (including phenoxy) is 3. The van der Waals surface area contributed by atoms with Crippen LogP contribution in [0.3, 0.4) is 0 Å². The van der Waals surface area contributed by atoms with Crippen molar-refractivity contribution in [3.63, 3.8) is 0 Å². The normalized spacial score (nSPS) is 11.8. The van der Waals surface area contributed by atoms with Gasteiger partial charge in [0.25, 0.3) is 0 Å². The van der Waals surface area contributed by atoms with E-state index >= 15 is 0 Å². The van der Waals surface area contributed by atoms with Crippen molar-refractivity contribution < 1.29 is 24.1 Å². The summed E-state index contributed by atoms with van der Waals surface area (Å²) in [6.45, 7) is 1.53. The molecule has 0 fully saturated rings. The zero-order chi connectivity index (χ0) is 16.2.